The van der Waals surface area contributed by atoms with Gasteiger partial charge < -0.3 is 9.63 Å². The topological polar surface area (TPSA) is 66.6 Å². The molecule has 5 heteroatoms. The van der Waals surface area contributed by atoms with E-state index in [-0.39, 0.29) is 0 Å². The lowest BCUT2D eigenvalue weighted by molar-refractivity contribution is 0.0694. The van der Waals surface area contributed by atoms with Crippen LogP contribution < -0.4 is 0 Å². The van der Waals surface area contributed by atoms with Gasteiger partial charge in [-0.3, -0.25) is 4.90 Å². The summed E-state index contributed by atoms with van der Waals surface area (Å²) in [6, 6.07) is 8.99. The first-order valence-corrected chi connectivity index (χ1v) is 6.92. The summed E-state index contributed by atoms with van der Waals surface area (Å²) in [6.07, 6.45) is 0. The van der Waals surface area contributed by atoms with Crippen LogP contribution in [0.4, 0.5) is 0 Å². The second-order valence-electron chi connectivity index (χ2n) is 5.51. The molecule has 1 heterocycles. The van der Waals surface area contributed by atoms with E-state index < -0.39 is 5.97 Å². The van der Waals surface area contributed by atoms with Gasteiger partial charge in [-0.25, -0.2) is 4.79 Å². The Labute approximate surface area is 124 Å². The SMILES string of the molecule is CC(C)c1cc(CN(C)Cc2ccccc2C(=O)O)on1. The van der Waals surface area contributed by atoms with E-state index in [1.807, 2.05) is 30.1 Å². The highest BCUT2D eigenvalue weighted by Crippen LogP contribution is 2.17. The highest BCUT2D eigenvalue weighted by Gasteiger charge is 2.13. The first-order chi connectivity index (χ1) is 9.97. The summed E-state index contributed by atoms with van der Waals surface area (Å²) in [7, 11) is 1.93. The molecule has 0 aliphatic rings. The summed E-state index contributed by atoms with van der Waals surface area (Å²) in [4.78, 5) is 13.2. The Balaban J connectivity index is 2.04. The average molecular weight is 288 g/mol. The molecule has 0 radical (unpaired) electrons. The molecule has 5 nitrogen and oxygen atoms in total. The molecule has 2 rings (SSSR count). The Kier molecular flexibility index (Phi) is 4.75. The monoisotopic (exact) mass is 288 g/mol. The predicted molar refractivity (Wildman–Crippen MR) is 79.2 cm³/mol. The van der Waals surface area contributed by atoms with E-state index in [4.69, 9.17) is 4.52 Å². The van der Waals surface area contributed by atoms with Crippen molar-refractivity contribution in [1.82, 2.24) is 10.1 Å². The van der Waals surface area contributed by atoms with Crippen LogP contribution in [0.3, 0.4) is 0 Å². The van der Waals surface area contributed by atoms with Gasteiger partial charge in [0.25, 0.3) is 0 Å². The molecular formula is C16H20N2O3. The van der Waals surface area contributed by atoms with Gasteiger partial charge in [0.05, 0.1) is 17.8 Å². The number of benzene rings is 1. The van der Waals surface area contributed by atoms with Crippen molar-refractivity contribution in [1.29, 1.82) is 0 Å². The summed E-state index contributed by atoms with van der Waals surface area (Å²) < 4.78 is 5.30. The molecule has 0 amide bonds. The summed E-state index contributed by atoms with van der Waals surface area (Å²) in [5, 5.41) is 13.2. The Morgan fingerprint density at radius 1 is 1.33 bits per heavy atom. The lowest BCUT2D eigenvalue weighted by atomic mass is 10.1. The number of nitrogens with zero attached hydrogens (tertiary/aromatic N) is 2. The Morgan fingerprint density at radius 3 is 2.67 bits per heavy atom. The van der Waals surface area contributed by atoms with Crippen molar-refractivity contribution in [2.75, 3.05) is 7.05 Å². The fourth-order valence-corrected chi connectivity index (χ4v) is 2.16. The molecule has 0 atom stereocenters. The second kappa shape index (κ2) is 6.54. The maximum Gasteiger partial charge on any atom is 0.336 e. The molecule has 0 unspecified atom stereocenters. The van der Waals surface area contributed by atoms with E-state index in [1.54, 1.807) is 12.1 Å². The second-order valence-corrected chi connectivity index (χ2v) is 5.51. The minimum atomic E-state index is -0.902. The standard InChI is InChI=1S/C16H20N2O3/c1-11(2)15-8-13(21-17-15)10-18(3)9-12-6-4-5-7-14(12)16(19)20/h4-8,11H,9-10H2,1-3H3,(H,19,20). The van der Waals surface area contributed by atoms with Gasteiger partial charge in [-0.15, -0.1) is 0 Å². The van der Waals surface area contributed by atoms with E-state index in [1.165, 1.54) is 0 Å². The molecule has 21 heavy (non-hydrogen) atoms. The number of carbonyl (C=O) groups is 1. The highest BCUT2D eigenvalue weighted by molar-refractivity contribution is 5.89. The van der Waals surface area contributed by atoms with Crippen molar-refractivity contribution >= 4 is 5.97 Å². The number of hydrogen-bond donors (Lipinski definition) is 1. The normalized spacial score (nSPS) is 11.3. The van der Waals surface area contributed by atoms with E-state index in [0.29, 0.717) is 24.6 Å². The number of aromatic nitrogens is 1. The van der Waals surface area contributed by atoms with Gasteiger partial charge in [-0.05, 0) is 24.6 Å². The zero-order valence-corrected chi connectivity index (χ0v) is 12.5. The number of hydrogen-bond acceptors (Lipinski definition) is 4. The number of rotatable bonds is 6. The van der Waals surface area contributed by atoms with Crippen LogP contribution in [0.1, 0.15) is 47.1 Å². The molecular weight excluding hydrogens is 268 g/mol. The number of carboxylic acids is 1. The summed E-state index contributed by atoms with van der Waals surface area (Å²) in [5.41, 5.74) is 2.06. The summed E-state index contributed by atoms with van der Waals surface area (Å²) in [5.74, 6) is 0.218. The fourth-order valence-electron chi connectivity index (χ4n) is 2.16. The van der Waals surface area contributed by atoms with E-state index in [0.717, 1.165) is 17.0 Å². The van der Waals surface area contributed by atoms with Crippen LogP contribution in [0.5, 0.6) is 0 Å². The minimum Gasteiger partial charge on any atom is -0.478 e. The third kappa shape index (κ3) is 3.92. The third-order valence-corrected chi connectivity index (χ3v) is 3.28. The van der Waals surface area contributed by atoms with Crippen molar-refractivity contribution in [3.05, 3.63) is 52.9 Å². The van der Waals surface area contributed by atoms with E-state index in [9.17, 15) is 9.90 Å². The van der Waals surface area contributed by atoms with Crippen LogP contribution in [0.25, 0.3) is 0 Å². The van der Waals surface area contributed by atoms with Crippen molar-refractivity contribution in [3.8, 4) is 0 Å². The Bertz CT molecular complexity index is 619. The van der Waals surface area contributed by atoms with E-state index >= 15 is 0 Å². The van der Waals surface area contributed by atoms with Gasteiger partial charge in [-0.2, -0.15) is 0 Å². The molecule has 0 aliphatic carbocycles. The zero-order chi connectivity index (χ0) is 15.4. The highest BCUT2D eigenvalue weighted by atomic mass is 16.5. The predicted octanol–water partition coefficient (Wildman–Crippen LogP) is 3.13. The maximum absolute atomic E-state index is 11.2. The molecule has 0 bridgehead atoms. The van der Waals surface area contributed by atoms with Crippen molar-refractivity contribution in [3.63, 3.8) is 0 Å². The Morgan fingerprint density at radius 2 is 2.05 bits per heavy atom. The summed E-state index contributed by atoms with van der Waals surface area (Å²) in [6.45, 7) is 5.26. The van der Waals surface area contributed by atoms with Crippen molar-refractivity contribution in [2.24, 2.45) is 0 Å². The van der Waals surface area contributed by atoms with Crippen LogP contribution in [0.15, 0.2) is 34.9 Å². The lowest BCUT2D eigenvalue weighted by Gasteiger charge is -2.16. The van der Waals surface area contributed by atoms with Crippen LogP contribution in [0.2, 0.25) is 0 Å². The first-order valence-electron chi connectivity index (χ1n) is 6.92. The van der Waals surface area contributed by atoms with Gasteiger partial charge >= 0.3 is 5.97 Å². The maximum atomic E-state index is 11.2. The van der Waals surface area contributed by atoms with Crippen LogP contribution in [0, 0.1) is 0 Å². The molecule has 1 aromatic carbocycles. The smallest absolute Gasteiger partial charge is 0.336 e. The number of aromatic carboxylic acids is 1. The van der Waals surface area contributed by atoms with Crippen molar-refractivity contribution < 1.29 is 14.4 Å². The lowest BCUT2D eigenvalue weighted by Crippen LogP contribution is -2.18. The largest absolute Gasteiger partial charge is 0.478 e. The molecule has 112 valence electrons. The van der Waals surface area contributed by atoms with Crippen LogP contribution >= 0.6 is 0 Å². The van der Waals surface area contributed by atoms with Gasteiger partial charge in [0.2, 0.25) is 0 Å². The molecule has 1 aromatic heterocycles. The van der Waals surface area contributed by atoms with Crippen molar-refractivity contribution in [2.45, 2.75) is 32.9 Å². The minimum absolute atomic E-state index is 0.334. The summed E-state index contributed by atoms with van der Waals surface area (Å²) >= 11 is 0. The zero-order valence-electron chi connectivity index (χ0n) is 12.5. The van der Waals surface area contributed by atoms with Gasteiger partial charge in [0.15, 0.2) is 5.76 Å². The third-order valence-electron chi connectivity index (χ3n) is 3.28. The Hall–Kier alpha value is -2.14. The van der Waals surface area contributed by atoms with Crippen LogP contribution in [-0.4, -0.2) is 28.2 Å². The quantitative estimate of drug-likeness (QED) is 0.884. The van der Waals surface area contributed by atoms with E-state index in [2.05, 4.69) is 19.0 Å². The molecule has 2 aromatic rings. The van der Waals surface area contributed by atoms with Gasteiger partial charge in [-0.1, -0.05) is 37.2 Å². The van der Waals surface area contributed by atoms with Gasteiger partial charge in [0, 0.05) is 12.6 Å². The van der Waals surface area contributed by atoms with Gasteiger partial charge in [0.1, 0.15) is 0 Å². The molecule has 0 aliphatic heterocycles. The number of carboxylic acid groups (broad SMARTS) is 1. The molecule has 1 N–H and O–H groups in total. The molecule has 0 saturated carbocycles. The van der Waals surface area contributed by atoms with Crippen LogP contribution in [-0.2, 0) is 13.1 Å². The molecule has 0 saturated heterocycles. The molecule has 0 fully saturated rings. The fraction of sp³-hybridized carbons (Fsp3) is 0.375. The molecule has 0 spiro atoms. The first kappa shape index (κ1) is 15.3. The average Bonchev–Trinajstić information content (AvgIpc) is 2.87.